The zero-order valence-electron chi connectivity index (χ0n) is 23.4. The third-order valence-corrected chi connectivity index (χ3v) is 5.52. The Morgan fingerprint density at radius 3 is 2.12 bits per heavy atom. The Balaban J connectivity index is 2.47. The number of hydrogen-bond acceptors (Lipinski definition) is 12. The first kappa shape index (κ1) is 32.8. The van der Waals surface area contributed by atoms with E-state index in [1.54, 1.807) is 0 Å². The van der Waals surface area contributed by atoms with Gasteiger partial charge in [0.05, 0.1) is 25.8 Å². The van der Waals surface area contributed by atoms with Gasteiger partial charge in [-0.1, -0.05) is 30.3 Å². The van der Waals surface area contributed by atoms with Gasteiger partial charge in [-0.15, -0.1) is 0 Å². The van der Waals surface area contributed by atoms with Gasteiger partial charge in [0.1, 0.15) is 13.2 Å². The molecule has 0 fully saturated rings. The molecule has 41 heavy (non-hydrogen) atoms. The summed E-state index contributed by atoms with van der Waals surface area (Å²) in [5, 5.41) is 5.28. The maximum Gasteiger partial charge on any atom is 0.373 e. The molecule has 0 spiro atoms. The fourth-order valence-corrected chi connectivity index (χ4v) is 3.97. The van der Waals surface area contributed by atoms with Crippen LogP contribution in [0, 0.1) is 0 Å². The third-order valence-electron chi connectivity index (χ3n) is 5.52. The van der Waals surface area contributed by atoms with Crippen LogP contribution in [0.25, 0.3) is 0 Å². The minimum absolute atomic E-state index is 0.132. The lowest BCUT2D eigenvalue weighted by Crippen LogP contribution is -2.65. The molecule has 0 aliphatic carbocycles. The van der Waals surface area contributed by atoms with Crippen LogP contribution in [0.2, 0.25) is 0 Å². The van der Waals surface area contributed by atoms with Crippen LogP contribution in [-0.2, 0) is 63.8 Å². The van der Waals surface area contributed by atoms with Crippen LogP contribution in [-0.4, -0.2) is 86.4 Å². The summed E-state index contributed by atoms with van der Waals surface area (Å²) in [5.74, 6) is -4.88. The van der Waals surface area contributed by atoms with E-state index in [0.29, 0.717) is 0 Å². The predicted molar refractivity (Wildman–Crippen MR) is 138 cm³/mol. The fourth-order valence-electron chi connectivity index (χ4n) is 3.97. The Morgan fingerprint density at radius 2 is 1.56 bits per heavy atom. The van der Waals surface area contributed by atoms with Gasteiger partial charge >= 0.3 is 23.9 Å². The second kappa shape index (κ2) is 16.0. The Bertz CT molecular complexity index is 1140. The minimum atomic E-state index is -1.55. The van der Waals surface area contributed by atoms with E-state index in [0.717, 1.165) is 33.4 Å². The Labute approximate surface area is 236 Å². The summed E-state index contributed by atoms with van der Waals surface area (Å²) in [4.78, 5) is 73.1. The number of carbonyl (C=O) groups is 6. The van der Waals surface area contributed by atoms with Gasteiger partial charge in [-0.3, -0.25) is 24.0 Å². The molecular formula is C27H34N2O12. The number of rotatable bonds is 13. The molecule has 0 radical (unpaired) electrons. The molecule has 2 amide bonds. The first-order valence-electron chi connectivity index (χ1n) is 12.5. The third kappa shape index (κ3) is 10.9. The number of ether oxygens (including phenoxy) is 6. The summed E-state index contributed by atoms with van der Waals surface area (Å²) in [7, 11) is 1.10. The molecule has 224 valence electrons. The second-order valence-corrected chi connectivity index (χ2v) is 8.93. The average molecular weight is 579 g/mol. The molecule has 5 atom stereocenters. The molecule has 0 unspecified atom stereocenters. The first-order chi connectivity index (χ1) is 19.4. The molecule has 0 saturated carbocycles. The number of hydrogen-bond donors (Lipinski definition) is 2. The maximum absolute atomic E-state index is 13.0. The maximum atomic E-state index is 13.0. The van der Waals surface area contributed by atoms with Crippen LogP contribution in [0.5, 0.6) is 0 Å². The Hall–Kier alpha value is -4.46. The van der Waals surface area contributed by atoms with E-state index in [4.69, 9.17) is 28.4 Å². The summed E-state index contributed by atoms with van der Waals surface area (Å²) >= 11 is 0. The number of nitrogens with one attached hydrogen (secondary N) is 2. The van der Waals surface area contributed by atoms with Gasteiger partial charge in [-0.2, -0.15) is 0 Å². The first-order valence-corrected chi connectivity index (χ1v) is 12.5. The molecule has 0 aromatic heterocycles. The molecule has 14 nitrogen and oxygen atoms in total. The lowest BCUT2D eigenvalue weighted by atomic mass is 9.91. The van der Waals surface area contributed by atoms with E-state index >= 15 is 0 Å². The van der Waals surface area contributed by atoms with E-state index < -0.39 is 79.3 Å². The van der Waals surface area contributed by atoms with Crippen molar-refractivity contribution in [2.75, 3.05) is 20.3 Å². The normalized spacial score (nSPS) is 19.2. The zero-order valence-corrected chi connectivity index (χ0v) is 23.4. The number of carbonyl (C=O) groups excluding carboxylic acids is 6. The average Bonchev–Trinajstić information content (AvgIpc) is 2.90. The number of benzene rings is 1. The van der Waals surface area contributed by atoms with Crippen molar-refractivity contribution in [3.05, 3.63) is 47.7 Å². The molecule has 1 aromatic carbocycles. The predicted octanol–water partition coefficient (Wildman–Crippen LogP) is 0.0749. The highest BCUT2D eigenvalue weighted by Crippen LogP contribution is 2.27. The van der Waals surface area contributed by atoms with Crippen molar-refractivity contribution in [3.63, 3.8) is 0 Å². The lowest BCUT2D eigenvalue weighted by molar-refractivity contribution is -0.188. The van der Waals surface area contributed by atoms with Crippen LogP contribution in [0.1, 0.15) is 33.3 Å². The lowest BCUT2D eigenvalue weighted by Gasteiger charge is -2.42. The molecule has 1 aromatic rings. The number of amides is 2. The van der Waals surface area contributed by atoms with Gasteiger partial charge < -0.3 is 39.1 Å². The summed E-state index contributed by atoms with van der Waals surface area (Å²) in [6.45, 7) is 3.65. The molecule has 2 rings (SSSR count). The molecule has 1 aliphatic rings. The highest BCUT2D eigenvalue weighted by atomic mass is 16.6. The van der Waals surface area contributed by atoms with E-state index in [2.05, 4.69) is 10.6 Å². The standard InChI is InChI=1S/C27H34N2O12/c1-15(30)28-20-11-21(27(35)36-5)41-26(24(20)29-23(34)14-37-12-19-9-7-6-8-10-19)25(40-18(4)33)22(39-17(3)32)13-38-16(2)31/h6-11,20,22,24-26H,12-14H2,1-5H3,(H,28,30)(H,29,34)/t20-,22-,24-,25-,26-/m1/s1. The SMILES string of the molecule is COC(=O)C1=C[C@@H](NC(C)=O)[C@@H](NC(=O)COCc2ccccc2)[C@H]([C@H](OC(C)=O)[C@@H](COC(C)=O)OC(C)=O)O1. The van der Waals surface area contributed by atoms with Crippen molar-refractivity contribution in [1.82, 2.24) is 10.6 Å². The van der Waals surface area contributed by atoms with Crippen LogP contribution in [0.15, 0.2) is 42.2 Å². The van der Waals surface area contributed by atoms with Crippen molar-refractivity contribution in [2.45, 2.75) is 64.7 Å². The summed E-state index contributed by atoms with van der Waals surface area (Å²) in [6.07, 6.45) is -3.23. The smallest absolute Gasteiger partial charge is 0.373 e. The molecule has 0 bridgehead atoms. The quantitative estimate of drug-likeness (QED) is 0.238. The molecule has 14 heteroatoms. The minimum Gasteiger partial charge on any atom is -0.477 e. The fraction of sp³-hybridized carbons (Fsp3) is 0.481. The van der Waals surface area contributed by atoms with E-state index in [1.165, 1.54) is 13.0 Å². The second-order valence-electron chi connectivity index (χ2n) is 8.93. The van der Waals surface area contributed by atoms with Crippen molar-refractivity contribution in [1.29, 1.82) is 0 Å². The van der Waals surface area contributed by atoms with Crippen LogP contribution in [0.4, 0.5) is 0 Å². The Morgan fingerprint density at radius 1 is 0.902 bits per heavy atom. The van der Waals surface area contributed by atoms with Gasteiger partial charge in [0.2, 0.25) is 17.6 Å². The van der Waals surface area contributed by atoms with Gasteiger partial charge in [0.25, 0.3) is 0 Å². The largest absolute Gasteiger partial charge is 0.477 e. The molecule has 1 heterocycles. The highest BCUT2D eigenvalue weighted by molar-refractivity contribution is 5.87. The van der Waals surface area contributed by atoms with Crippen LogP contribution in [0.3, 0.4) is 0 Å². The van der Waals surface area contributed by atoms with Gasteiger partial charge in [-0.05, 0) is 11.6 Å². The van der Waals surface area contributed by atoms with Crippen molar-refractivity contribution < 1.29 is 57.2 Å². The van der Waals surface area contributed by atoms with E-state index in [1.807, 2.05) is 30.3 Å². The molecule has 2 N–H and O–H groups in total. The highest BCUT2D eigenvalue weighted by Gasteiger charge is 2.48. The van der Waals surface area contributed by atoms with Gasteiger partial charge in [0, 0.05) is 27.7 Å². The number of methoxy groups -OCH3 is 1. The van der Waals surface area contributed by atoms with Gasteiger partial charge in [-0.25, -0.2) is 4.79 Å². The van der Waals surface area contributed by atoms with E-state index in [-0.39, 0.29) is 12.4 Å². The number of esters is 4. The topological polar surface area (TPSA) is 182 Å². The van der Waals surface area contributed by atoms with E-state index in [9.17, 15) is 28.8 Å². The molecule has 0 saturated heterocycles. The van der Waals surface area contributed by atoms with Crippen LogP contribution >= 0.6 is 0 Å². The molecule has 1 aliphatic heterocycles. The van der Waals surface area contributed by atoms with Crippen molar-refractivity contribution in [3.8, 4) is 0 Å². The summed E-state index contributed by atoms with van der Waals surface area (Å²) in [5.41, 5.74) is 0.825. The van der Waals surface area contributed by atoms with Crippen LogP contribution < -0.4 is 10.6 Å². The van der Waals surface area contributed by atoms with Crippen molar-refractivity contribution >= 4 is 35.7 Å². The molecular weight excluding hydrogens is 544 g/mol. The summed E-state index contributed by atoms with van der Waals surface area (Å²) < 4.78 is 31.8. The monoisotopic (exact) mass is 578 g/mol. The zero-order chi connectivity index (χ0) is 30.5. The summed E-state index contributed by atoms with van der Waals surface area (Å²) in [6, 6.07) is 6.80. The van der Waals surface area contributed by atoms with Gasteiger partial charge in [0.15, 0.2) is 18.3 Å². The Kier molecular flexibility index (Phi) is 12.7. The van der Waals surface area contributed by atoms with Crippen molar-refractivity contribution in [2.24, 2.45) is 0 Å².